The van der Waals surface area contributed by atoms with Crippen molar-refractivity contribution in [2.24, 2.45) is 5.92 Å². The highest BCUT2D eigenvalue weighted by Gasteiger charge is 2.26. The van der Waals surface area contributed by atoms with E-state index in [2.05, 4.69) is 18.3 Å². The Labute approximate surface area is 169 Å². The fraction of sp³-hybridized carbons (Fsp3) is 0.263. The maximum atomic E-state index is 12.8. The molecule has 0 bridgehead atoms. The van der Waals surface area contributed by atoms with Gasteiger partial charge in [0, 0.05) is 20.0 Å². The van der Waals surface area contributed by atoms with Crippen LogP contribution in [0.2, 0.25) is 10.0 Å². The molecule has 3 aromatic rings. The summed E-state index contributed by atoms with van der Waals surface area (Å²) in [6.45, 7) is 2.22. The molecular formula is C19H14Cl2N2OS2. The number of hydrogen-bond donors (Lipinski definition) is 1. The zero-order chi connectivity index (χ0) is 18.4. The Kier molecular flexibility index (Phi) is 4.70. The van der Waals surface area contributed by atoms with Crippen molar-refractivity contribution in [3.8, 4) is 6.07 Å². The second-order valence-corrected chi connectivity index (χ2v) is 9.48. The number of amides is 1. The maximum absolute atomic E-state index is 12.8. The van der Waals surface area contributed by atoms with Gasteiger partial charge in [0.15, 0.2) is 0 Å². The van der Waals surface area contributed by atoms with Crippen LogP contribution in [0.25, 0.3) is 10.1 Å². The first-order valence-corrected chi connectivity index (χ1v) is 10.6. The van der Waals surface area contributed by atoms with Crippen LogP contribution in [0, 0.1) is 17.2 Å². The molecule has 0 aliphatic heterocycles. The van der Waals surface area contributed by atoms with E-state index in [1.54, 1.807) is 12.1 Å². The quantitative estimate of drug-likeness (QED) is 0.512. The summed E-state index contributed by atoms with van der Waals surface area (Å²) in [5.74, 6) is 0.327. The highest BCUT2D eigenvalue weighted by atomic mass is 35.5. The van der Waals surface area contributed by atoms with Crippen LogP contribution in [0.3, 0.4) is 0 Å². The van der Waals surface area contributed by atoms with Crippen LogP contribution in [0.5, 0.6) is 0 Å². The molecule has 2 aromatic heterocycles. The van der Waals surface area contributed by atoms with Crippen molar-refractivity contribution in [3.05, 3.63) is 49.1 Å². The Morgan fingerprint density at radius 2 is 2.15 bits per heavy atom. The Balaban J connectivity index is 1.69. The third kappa shape index (κ3) is 3.01. The molecular weight excluding hydrogens is 407 g/mol. The lowest BCUT2D eigenvalue weighted by atomic mass is 9.89. The van der Waals surface area contributed by atoms with Gasteiger partial charge in [-0.25, -0.2) is 0 Å². The van der Waals surface area contributed by atoms with E-state index in [0.717, 1.165) is 34.9 Å². The van der Waals surface area contributed by atoms with Crippen molar-refractivity contribution >= 4 is 66.9 Å². The molecule has 1 amide bonds. The lowest BCUT2D eigenvalue weighted by Crippen LogP contribution is -2.11. The van der Waals surface area contributed by atoms with E-state index >= 15 is 0 Å². The average Bonchev–Trinajstić information content (AvgIpc) is 3.11. The maximum Gasteiger partial charge on any atom is 0.267 e. The van der Waals surface area contributed by atoms with E-state index < -0.39 is 0 Å². The smallest absolute Gasteiger partial charge is 0.267 e. The zero-order valence-corrected chi connectivity index (χ0v) is 17.0. The van der Waals surface area contributed by atoms with Gasteiger partial charge in [0.1, 0.15) is 15.9 Å². The van der Waals surface area contributed by atoms with Gasteiger partial charge in [0.05, 0.1) is 10.6 Å². The standard InChI is InChI=1S/C19H14Cl2N2OS2/c1-9-2-4-11-13(8-22)19(26-14(11)6-9)23-18(24)17-16(21)12-5-3-10(20)7-15(12)25-17/h3,5,7,9H,2,4,6H2,1H3,(H,23,24). The number of thiophene rings is 2. The molecule has 26 heavy (non-hydrogen) atoms. The summed E-state index contributed by atoms with van der Waals surface area (Å²) in [7, 11) is 0. The first kappa shape index (κ1) is 17.8. The highest BCUT2D eigenvalue weighted by Crippen LogP contribution is 2.41. The van der Waals surface area contributed by atoms with Gasteiger partial charge in [0.2, 0.25) is 0 Å². The van der Waals surface area contributed by atoms with Gasteiger partial charge in [0.25, 0.3) is 5.91 Å². The summed E-state index contributed by atoms with van der Waals surface area (Å²) in [6, 6.07) is 7.65. The molecule has 0 saturated heterocycles. The van der Waals surface area contributed by atoms with Crippen LogP contribution < -0.4 is 5.32 Å². The predicted molar refractivity (Wildman–Crippen MR) is 110 cm³/mol. The van der Waals surface area contributed by atoms with Gasteiger partial charge in [-0.3, -0.25) is 4.79 Å². The first-order chi connectivity index (χ1) is 12.5. The number of carbonyl (C=O) groups excluding carboxylic acids is 1. The summed E-state index contributed by atoms with van der Waals surface area (Å²) in [6.07, 6.45) is 2.94. The Bertz CT molecular complexity index is 1080. The monoisotopic (exact) mass is 420 g/mol. The number of hydrogen-bond acceptors (Lipinski definition) is 4. The second-order valence-electron chi connectivity index (χ2n) is 6.51. The number of rotatable bonds is 2. The summed E-state index contributed by atoms with van der Waals surface area (Å²) in [5, 5.41) is 15.0. The Morgan fingerprint density at radius 3 is 2.92 bits per heavy atom. The van der Waals surface area contributed by atoms with Gasteiger partial charge in [-0.05, 0) is 42.9 Å². The minimum absolute atomic E-state index is 0.282. The number of benzene rings is 1. The Morgan fingerprint density at radius 1 is 1.35 bits per heavy atom. The number of halogens is 2. The van der Waals surface area contributed by atoms with Crippen LogP contribution in [0.4, 0.5) is 5.00 Å². The van der Waals surface area contributed by atoms with Crippen molar-refractivity contribution in [2.45, 2.75) is 26.2 Å². The molecule has 4 rings (SSSR count). The zero-order valence-electron chi connectivity index (χ0n) is 13.9. The molecule has 0 fully saturated rings. The molecule has 3 nitrogen and oxygen atoms in total. The average molecular weight is 421 g/mol. The van der Waals surface area contributed by atoms with Crippen molar-refractivity contribution < 1.29 is 4.79 Å². The van der Waals surface area contributed by atoms with Gasteiger partial charge in [-0.15, -0.1) is 22.7 Å². The second kappa shape index (κ2) is 6.86. The highest BCUT2D eigenvalue weighted by molar-refractivity contribution is 7.22. The summed E-state index contributed by atoms with van der Waals surface area (Å²) in [5.41, 5.74) is 1.70. The Hall–Kier alpha value is -1.58. The lowest BCUT2D eigenvalue weighted by molar-refractivity contribution is 0.103. The summed E-state index contributed by atoms with van der Waals surface area (Å²) in [4.78, 5) is 14.5. The number of nitrogens with zero attached hydrogens (tertiary/aromatic N) is 1. The topological polar surface area (TPSA) is 52.9 Å². The van der Waals surface area contributed by atoms with Gasteiger partial charge >= 0.3 is 0 Å². The third-order valence-corrected chi connectivity index (χ3v) is 7.71. The minimum Gasteiger partial charge on any atom is -0.312 e. The minimum atomic E-state index is -0.282. The van der Waals surface area contributed by atoms with Crippen LogP contribution in [-0.4, -0.2) is 5.91 Å². The number of nitrogens with one attached hydrogen (secondary N) is 1. The van der Waals surface area contributed by atoms with Gasteiger partial charge < -0.3 is 5.32 Å². The van der Waals surface area contributed by atoms with Gasteiger partial charge in [-0.2, -0.15) is 5.26 Å². The van der Waals surface area contributed by atoms with E-state index in [9.17, 15) is 10.1 Å². The molecule has 1 N–H and O–H groups in total. The fourth-order valence-electron chi connectivity index (χ4n) is 3.30. The molecule has 0 saturated carbocycles. The largest absolute Gasteiger partial charge is 0.312 e. The molecule has 2 heterocycles. The number of nitriles is 1. The van der Waals surface area contributed by atoms with Crippen molar-refractivity contribution in [3.63, 3.8) is 0 Å². The molecule has 1 aliphatic rings. The molecule has 1 unspecified atom stereocenters. The van der Waals surface area contributed by atoms with Crippen LogP contribution in [0.1, 0.15) is 39.0 Å². The van der Waals surface area contributed by atoms with E-state index in [4.69, 9.17) is 23.2 Å². The molecule has 0 spiro atoms. The third-order valence-electron chi connectivity index (χ3n) is 4.65. The van der Waals surface area contributed by atoms with Crippen molar-refractivity contribution in [1.82, 2.24) is 0 Å². The molecule has 132 valence electrons. The lowest BCUT2D eigenvalue weighted by Gasteiger charge is -2.17. The normalized spacial score (nSPS) is 16.3. The molecule has 0 radical (unpaired) electrons. The van der Waals surface area contributed by atoms with E-state index in [1.165, 1.54) is 27.6 Å². The molecule has 7 heteroatoms. The van der Waals surface area contributed by atoms with E-state index in [0.29, 0.717) is 31.4 Å². The summed E-state index contributed by atoms with van der Waals surface area (Å²) >= 11 is 15.3. The fourth-order valence-corrected chi connectivity index (χ4v) is 6.35. The van der Waals surface area contributed by atoms with Gasteiger partial charge in [-0.1, -0.05) is 36.2 Å². The number of carbonyl (C=O) groups is 1. The summed E-state index contributed by atoms with van der Waals surface area (Å²) < 4.78 is 0.868. The number of fused-ring (bicyclic) bond motifs is 2. The van der Waals surface area contributed by atoms with Crippen molar-refractivity contribution in [1.29, 1.82) is 5.26 Å². The molecule has 1 aliphatic carbocycles. The number of anilines is 1. The van der Waals surface area contributed by atoms with Crippen molar-refractivity contribution in [2.75, 3.05) is 5.32 Å². The van der Waals surface area contributed by atoms with E-state index in [-0.39, 0.29) is 5.91 Å². The van der Waals surface area contributed by atoms with Crippen LogP contribution in [0.15, 0.2) is 18.2 Å². The predicted octanol–water partition coefficient (Wildman–Crippen LogP) is 6.52. The van der Waals surface area contributed by atoms with E-state index in [1.807, 2.05) is 6.07 Å². The van der Waals surface area contributed by atoms with Crippen LogP contribution >= 0.6 is 45.9 Å². The molecule has 1 atom stereocenters. The molecule has 1 aromatic carbocycles. The SMILES string of the molecule is CC1CCc2c(sc(NC(=O)c3sc4cc(Cl)ccc4c3Cl)c2C#N)C1. The first-order valence-electron chi connectivity index (χ1n) is 8.21. The van der Waals surface area contributed by atoms with Crippen LogP contribution in [-0.2, 0) is 12.8 Å².